The van der Waals surface area contributed by atoms with E-state index < -0.39 is 0 Å². The number of hydrazine groups is 1. The fourth-order valence-corrected chi connectivity index (χ4v) is 3.75. The van der Waals surface area contributed by atoms with Crippen molar-refractivity contribution in [3.63, 3.8) is 0 Å². The van der Waals surface area contributed by atoms with Crippen LogP contribution in [-0.2, 0) is 19.4 Å². The second kappa shape index (κ2) is 6.69. The molecule has 0 saturated carbocycles. The zero-order valence-corrected chi connectivity index (χ0v) is 14.3. The van der Waals surface area contributed by atoms with Crippen LogP contribution < -0.4 is 16.2 Å². The van der Waals surface area contributed by atoms with Crippen LogP contribution in [0, 0.1) is 11.3 Å². The summed E-state index contributed by atoms with van der Waals surface area (Å²) in [6.07, 6.45) is 7.04. The molecule has 0 aromatic carbocycles. The molecule has 2 aliphatic rings. The summed E-state index contributed by atoms with van der Waals surface area (Å²) in [6, 6.07) is 0.528. The molecule has 0 radical (unpaired) electrons. The van der Waals surface area contributed by atoms with E-state index in [0.717, 1.165) is 39.0 Å². The molecule has 1 aromatic rings. The third-order valence-electron chi connectivity index (χ3n) is 4.95. The molecule has 1 saturated heterocycles. The van der Waals surface area contributed by atoms with Crippen molar-refractivity contribution < 1.29 is 0 Å². The SMILES string of the molecule is CC(C)(C)C1NNCC1CNCCc1cn2c(n1)CCCC2. The van der Waals surface area contributed by atoms with E-state index in [1.54, 1.807) is 0 Å². The van der Waals surface area contributed by atoms with Gasteiger partial charge < -0.3 is 9.88 Å². The van der Waals surface area contributed by atoms with Gasteiger partial charge in [0.05, 0.1) is 5.69 Å². The van der Waals surface area contributed by atoms with Crippen molar-refractivity contribution in [3.8, 4) is 0 Å². The maximum atomic E-state index is 4.77. The Morgan fingerprint density at radius 2 is 2.23 bits per heavy atom. The Hall–Kier alpha value is -0.910. The predicted molar refractivity (Wildman–Crippen MR) is 89.6 cm³/mol. The fraction of sp³-hybridized carbons (Fsp3) is 0.824. The molecule has 1 aromatic heterocycles. The number of fused-ring (bicyclic) bond motifs is 1. The molecule has 5 heteroatoms. The summed E-state index contributed by atoms with van der Waals surface area (Å²) < 4.78 is 2.35. The van der Waals surface area contributed by atoms with Crippen molar-refractivity contribution in [1.82, 2.24) is 25.7 Å². The van der Waals surface area contributed by atoms with Crippen molar-refractivity contribution in [3.05, 3.63) is 17.7 Å². The van der Waals surface area contributed by atoms with E-state index >= 15 is 0 Å². The van der Waals surface area contributed by atoms with E-state index in [9.17, 15) is 0 Å². The smallest absolute Gasteiger partial charge is 0.108 e. The molecule has 3 heterocycles. The summed E-state index contributed by atoms with van der Waals surface area (Å²) in [5.74, 6) is 1.94. The molecular weight excluding hydrogens is 274 g/mol. The van der Waals surface area contributed by atoms with Gasteiger partial charge in [-0.2, -0.15) is 0 Å². The summed E-state index contributed by atoms with van der Waals surface area (Å²) in [5.41, 5.74) is 8.29. The monoisotopic (exact) mass is 305 g/mol. The van der Waals surface area contributed by atoms with Crippen molar-refractivity contribution in [1.29, 1.82) is 0 Å². The van der Waals surface area contributed by atoms with Gasteiger partial charge in [0.25, 0.3) is 0 Å². The summed E-state index contributed by atoms with van der Waals surface area (Å²) in [5, 5.41) is 3.63. The first-order valence-electron chi connectivity index (χ1n) is 8.78. The molecule has 124 valence electrons. The van der Waals surface area contributed by atoms with Gasteiger partial charge in [-0.1, -0.05) is 20.8 Å². The number of imidazole rings is 1. The Balaban J connectivity index is 1.43. The van der Waals surface area contributed by atoms with Crippen molar-refractivity contribution in [2.45, 2.75) is 59.0 Å². The number of hydrogen-bond acceptors (Lipinski definition) is 4. The van der Waals surface area contributed by atoms with E-state index in [0.29, 0.717) is 17.4 Å². The van der Waals surface area contributed by atoms with E-state index in [1.165, 1.54) is 24.4 Å². The van der Waals surface area contributed by atoms with Crippen molar-refractivity contribution in [2.24, 2.45) is 11.3 Å². The number of hydrogen-bond donors (Lipinski definition) is 3. The molecule has 0 spiro atoms. The molecule has 1 fully saturated rings. The summed E-state index contributed by atoms with van der Waals surface area (Å²) in [7, 11) is 0. The molecule has 5 nitrogen and oxygen atoms in total. The lowest BCUT2D eigenvalue weighted by atomic mass is 9.80. The topological polar surface area (TPSA) is 53.9 Å². The highest BCUT2D eigenvalue weighted by atomic mass is 15.4. The zero-order chi connectivity index (χ0) is 15.6. The maximum absolute atomic E-state index is 4.77. The van der Waals surface area contributed by atoms with Gasteiger partial charge in [0.2, 0.25) is 0 Å². The first-order chi connectivity index (χ1) is 10.5. The number of nitrogens with one attached hydrogen (secondary N) is 3. The highest BCUT2D eigenvalue weighted by Crippen LogP contribution is 2.26. The van der Waals surface area contributed by atoms with Crippen molar-refractivity contribution in [2.75, 3.05) is 19.6 Å². The summed E-state index contributed by atoms with van der Waals surface area (Å²) in [6.45, 7) is 11.2. The third-order valence-corrected chi connectivity index (χ3v) is 4.95. The lowest BCUT2D eigenvalue weighted by Gasteiger charge is -2.31. The minimum absolute atomic E-state index is 0.290. The molecule has 2 unspecified atom stereocenters. The third kappa shape index (κ3) is 3.70. The van der Waals surface area contributed by atoms with Gasteiger partial charge in [0, 0.05) is 57.2 Å². The van der Waals surface area contributed by atoms with Gasteiger partial charge in [-0.15, -0.1) is 0 Å². The Kier molecular flexibility index (Phi) is 4.85. The van der Waals surface area contributed by atoms with Crippen molar-refractivity contribution >= 4 is 0 Å². The Morgan fingerprint density at radius 3 is 3.00 bits per heavy atom. The Bertz CT molecular complexity index is 464. The number of nitrogens with zero attached hydrogens (tertiary/aromatic N) is 2. The minimum Gasteiger partial charge on any atom is -0.335 e. The molecule has 3 N–H and O–H groups in total. The predicted octanol–water partition coefficient (Wildman–Crippen LogP) is 1.49. The lowest BCUT2D eigenvalue weighted by molar-refractivity contribution is 0.235. The van der Waals surface area contributed by atoms with Gasteiger partial charge in [0.1, 0.15) is 5.82 Å². The van der Waals surface area contributed by atoms with E-state index in [1.807, 2.05) is 0 Å². The largest absolute Gasteiger partial charge is 0.335 e. The molecule has 22 heavy (non-hydrogen) atoms. The van der Waals surface area contributed by atoms with E-state index in [4.69, 9.17) is 4.98 Å². The maximum Gasteiger partial charge on any atom is 0.108 e. The molecule has 0 bridgehead atoms. The standard InChI is InChI=1S/C17H31N5/c1-17(2,3)16-13(11-19-21-16)10-18-8-7-14-12-22-9-5-4-6-15(22)20-14/h12-13,16,18-19,21H,4-11H2,1-3H3. The van der Waals surface area contributed by atoms with Crippen LogP contribution in [0.25, 0.3) is 0 Å². The average molecular weight is 305 g/mol. The van der Waals surface area contributed by atoms with Crippen LogP contribution in [0.2, 0.25) is 0 Å². The van der Waals surface area contributed by atoms with Crippen LogP contribution in [0.3, 0.4) is 0 Å². The van der Waals surface area contributed by atoms with Gasteiger partial charge in [-0.3, -0.25) is 10.9 Å². The Morgan fingerprint density at radius 1 is 1.36 bits per heavy atom. The van der Waals surface area contributed by atoms with Crippen LogP contribution >= 0.6 is 0 Å². The number of aryl methyl sites for hydroxylation is 2. The number of rotatable bonds is 5. The van der Waals surface area contributed by atoms with Gasteiger partial charge in [-0.25, -0.2) is 4.98 Å². The van der Waals surface area contributed by atoms with E-state index in [2.05, 4.69) is 47.7 Å². The molecular formula is C17H31N5. The second-order valence-electron chi connectivity index (χ2n) is 7.88. The van der Waals surface area contributed by atoms with Gasteiger partial charge >= 0.3 is 0 Å². The Labute approximate surface area is 134 Å². The molecule has 0 amide bonds. The zero-order valence-electron chi connectivity index (χ0n) is 14.3. The first-order valence-corrected chi connectivity index (χ1v) is 8.78. The van der Waals surface area contributed by atoms with Crippen LogP contribution in [0.4, 0.5) is 0 Å². The minimum atomic E-state index is 0.290. The van der Waals surface area contributed by atoms with Gasteiger partial charge in [0.15, 0.2) is 0 Å². The number of aromatic nitrogens is 2. The average Bonchev–Trinajstić information content (AvgIpc) is 3.09. The summed E-state index contributed by atoms with van der Waals surface area (Å²) >= 11 is 0. The molecule has 3 rings (SSSR count). The fourth-order valence-electron chi connectivity index (χ4n) is 3.75. The first kappa shape index (κ1) is 16.0. The summed E-state index contributed by atoms with van der Waals surface area (Å²) in [4.78, 5) is 4.77. The van der Waals surface area contributed by atoms with Crippen LogP contribution in [0.15, 0.2) is 6.20 Å². The highest BCUT2D eigenvalue weighted by molar-refractivity contribution is 5.06. The van der Waals surface area contributed by atoms with Crippen LogP contribution in [0.1, 0.15) is 45.1 Å². The normalized spacial score (nSPS) is 25.4. The quantitative estimate of drug-likeness (QED) is 0.722. The second-order valence-corrected chi connectivity index (χ2v) is 7.88. The van der Waals surface area contributed by atoms with Crippen LogP contribution in [0.5, 0.6) is 0 Å². The lowest BCUT2D eigenvalue weighted by Crippen LogP contribution is -2.44. The van der Waals surface area contributed by atoms with Crippen LogP contribution in [-0.4, -0.2) is 35.2 Å². The van der Waals surface area contributed by atoms with Gasteiger partial charge in [-0.05, 0) is 18.3 Å². The van der Waals surface area contributed by atoms with E-state index in [-0.39, 0.29) is 0 Å². The molecule has 0 aliphatic carbocycles. The molecule has 2 aliphatic heterocycles. The molecule has 2 atom stereocenters. The highest BCUT2D eigenvalue weighted by Gasteiger charge is 2.35.